The second-order valence-electron chi connectivity index (χ2n) is 8.30. The fourth-order valence-corrected chi connectivity index (χ4v) is 4.30. The molecule has 0 fully saturated rings. The molecule has 0 amide bonds. The lowest BCUT2D eigenvalue weighted by molar-refractivity contribution is -0.129. The average molecular weight is 554 g/mol. The first-order chi connectivity index (χ1) is 18.1. The summed E-state index contributed by atoms with van der Waals surface area (Å²) in [7, 11) is 0. The highest BCUT2D eigenvalue weighted by Crippen LogP contribution is 2.31. The molecule has 6 heteroatoms. The van der Waals surface area contributed by atoms with Gasteiger partial charge in [-0.3, -0.25) is 0 Å². The van der Waals surface area contributed by atoms with Crippen LogP contribution in [0, 0.1) is 0 Å². The highest BCUT2D eigenvalue weighted by atomic mass is 79.9. The number of carbonyl (C=O) groups excluding carboxylic acids is 1. The van der Waals surface area contributed by atoms with Crippen molar-refractivity contribution in [2.24, 2.45) is 4.99 Å². The highest BCUT2D eigenvalue weighted by molar-refractivity contribution is 9.10. The number of ether oxygens (including phenoxy) is 3. The van der Waals surface area contributed by atoms with Crippen molar-refractivity contribution >= 4 is 33.9 Å². The van der Waals surface area contributed by atoms with Gasteiger partial charge in [0.05, 0.1) is 6.61 Å². The van der Waals surface area contributed by atoms with Crippen molar-refractivity contribution in [2.75, 3.05) is 6.61 Å². The van der Waals surface area contributed by atoms with Crippen LogP contribution in [0.1, 0.15) is 23.6 Å². The number of aliphatic imine (C=N–C) groups is 1. The molecule has 0 unspecified atom stereocenters. The van der Waals surface area contributed by atoms with Gasteiger partial charge in [-0.1, -0.05) is 82.7 Å². The molecule has 0 spiro atoms. The Morgan fingerprint density at radius 1 is 0.811 bits per heavy atom. The van der Waals surface area contributed by atoms with Gasteiger partial charge in [-0.25, -0.2) is 9.79 Å². The lowest BCUT2D eigenvalue weighted by atomic mass is 10.0. The first kappa shape index (κ1) is 24.5. The van der Waals surface area contributed by atoms with Gasteiger partial charge in [0.25, 0.3) is 0 Å². The molecule has 0 radical (unpaired) electrons. The van der Waals surface area contributed by atoms with Crippen molar-refractivity contribution in [3.63, 3.8) is 0 Å². The minimum atomic E-state index is -0.491. The number of cyclic esters (lactones) is 1. The van der Waals surface area contributed by atoms with E-state index in [1.54, 1.807) is 6.08 Å². The third-order valence-electron chi connectivity index (χ3n) is 5.77. The Hall–Kier alpha value is -4.16. The van der Waals surface area contributed by atoms with Crippen LogP contribution in [0.15, 0.2) is 112 Å². The summed E-state index contributed by atoms with van der Waals surface area (Å²) in [6.45, 7) is 2.79. The Morgan fingerprint density at radius 2 is 1.51 bits per heavy atom. The second kappa shape index (κ2) is 11.3. The van der Waals surface area contributed by atoms with Crippen LogP contribution in [0.25, 0.3) is 17.2 Å². The van der Waals surface area contributed by atoms with Crippen LogP contribution in [0.4, 0.5) is 0 Å². The molecular formula is C31H24BrNO4. The van der Waals surface area contributed by atoms with E-state index in [-0.39, 0.29) is 11.6 Å². The van der Waals surface area contributed by atoms with Crippen LogP contribution in [-0.4, -0.2) is 18.5 Å². The third-order valence-corrected chi connectivity index (χ3v) is 6.55. The molecule has 4 aromatic rings. The molecule has 0 N–H and O–H groups in total. The van der Waals surface area contributed by atoms with Gasteiger partial charge in [-0.2, -0.15) is 0 Å². The van der Waals surface area contributed by atoms with Crippen molar-refractivity contribution < 1.29 is 19.0 Å². The van der Waals surface area contributed by atoms with E-state index in [0.717, 1.165) is 32.3 Å². The zero-order valence-electron chi connectivity index (χ0n) is 20.2. The van der Waals surface area contributed by atoms with E-state index in [2.05, 4.69) is 33.1 Å². The van der Waals surface area contributed by atoms with Gasteiger partial charge >= 0.3 is 5.97 Å². The molecular weight excluding hydrogens is 530 g/mol. The number of nitrogens with zero attached hydrogens (tertiary/aromatic N) is 1. The van der Waals surface area contributed by atoms with E-state index in [1.165, 1.54) is 0 Å². The molecule has 1 aliphatic rings. The van der Waals surface area contributed by atoms with E-state index in [9.17, 15) is 4.79 Å². The first-order valence-electron chi connectivity index (χ1n) is 11.9. The molecule has 0 aromatic heterocycles. The van der Waals surface area contributed by atoms with Crippen LogP contribution in [0.3, 0.4) is 0 Å². The van der Waals surface area contributed by atoms with Gasteiger partial charge < -0.3 is 14.2 Å². The lowest BCUT2D eigenvalue weighted by Gasteiger charge is -2.13. The molecule has 184 valence electrons. The summed E-state index contributed by atoms with van der Waals surface area (Å²) < 4.78 is 18.3. The number of rotatable bonds is 8. The fraction of sp³-hybridized carbons (Fsp3) is 0.0968. The zero-order valence-corrected chi connectivity index (χ0v) is 21.8. The van der Waals surface area contributed by atoms with E-state index in [1.807, 2.05) is 91.9 Å². The van der Waals surface area contributed by atoms with Crippen LogP contribution in [0.2, 0.25) is 0 Å². The number of carbonyl (C=O) groups is 1. The van der Waals surface area contributed by atoms with Gasteiger partial charge in [0.2, 0.25) is 5.90 Å². The standard InChI is InChI=1S/C31H24BrNO4/c1-2-35-29-19-21(12-17-28(29)36-20-25-10-6-7-11-26(25)32)18-27-31(34)37-30(33-27)24-15-13-23(14-16-24)22-8-4-3-5-9-22/h3-19H,2,20H2,1H3/b27-18-. The molecule has 0 saturated carbocycles. The maximum absolute atomic E-state index is 12.6. The maximum atomic E-state index is 12.6. The summed E-state index contributed by atoms with van der Waals surface area (Å²) in [5, 5.41) is 0. The summed E-state index contributed by atoms with van der Waals surface area (Å²) in [6, 6.07) is 31.3. The number of hydrogen-bond donors (Lipinski definition) is 0. The quantitative estimate of drug-likeness (QED) is 0.168. The largest absolute Gasteiger partial charge is 0.490 e. The first-order valence-corrected chi connectivity index (χ1v) is 12.7. The monoisotopic (exact) mass is 553 g/mol. The topological polar surface area (TPSA) is 57.1 Å². The number of hydrogen-bond acceptors (Lipinski definition) is 5. The smallest absolute Gasteiger partial charge is 0.363 e. The highest BCUT2D eigenvalue weighted by Gasteiger charge is 2.24. The molecule has 37 heavy (non-hydrogen) atoms. The molecule has 5 nitrogen and oxygen atoms in total. The second-order valence-corrected chi connectivity index (χ2v) is 9.15. The summed E-state index contributed by atoms with van der Waals surface area (Å²) in [6.07, 6.45) is 1.69. The van der Waals surface area contributed by atoms with Crippen molar-refractivity contribution in [3.8, 4) is 22.6 Å². The van der Waals surface area contributed by atoms with Gasteiger partial charge in [-0.05, 0) is 60.0 Å². The van der Waals surface area contributed by atoms with Crippen LogP contribution in [0.5, 0.6) is 11.5 Å². The van der Waals surface area contributed by atoms with E-state index in [0.29, 0.717) is 24.7 Å². The fourth-order valence-electron chi connectivity index (χ4n) is 3.90. The van der Waals surface area contributed by atoms with Crippen molar-refractivity contribution in [1.29, 1.82) is 0 Å². The van der Waals surface area contributed by atoms with Gasteiger partial charge in [0, 0.05) is 15.6 Å². The van der Waals surface area contributed by atoms with Gasteiger partial charge in [-0.15, -0.1) is 0 Å². The van der Waals surface area contributed by atoms with E-state index >= 15 is 0 Å². The van der Waals surface area contributed by atoms with Gasteiger partial charge in [0.15, 0.2) is 17.2 Å². The Morgan fingerprint density at radius 3 is 2.27 bits per heavy atom. The lowest BCUT2D eigenvalue weighted by Crippen LogP contribution is -2.05. The van der Waals surface area contributed by atoms with Crippen molar-refractivity contribution in [2.45, 2.75) is 13.5 Å². The molecule has 5 rings (SSSR count). The number of halogens is 1. The van der Waals surface area contributed by atoms with Gasteiger partial charge in [0.1, 0.15) is 6.61 Å². The van der Waals surface area contributed by atoms with Crippen molar-refractivity contribution in [3.05, 3.63) is 124 Å². The Balaban J connectivity index is 1.35. The maximum Gasteiger partial charge on any atom is 0.363 e. The summed E-state index contributed by atoms with van der Waals surface area (Å²) in [5.74, 6) is 1.01. The SMILES string of the molecule is CCOc1cc(/C=C2\N=C(c3ccc(-c4ccccc4)cc3)OC2=O)ccc1OCc1ccccc1Br. The van der Waals surface area contributed by atoms with E-state index in [4.69, 9.17) is 14.2 Å². The summed E-state index contributed by atoms with van der Waals surface area (Å²) in [4.78, 5) is 17.0. The van der Waals surface area contributed by atoms with Crippen molar-refractivity contribution in [1.82, 2.24) is 0 Å². The molecule has 0 bridgehead atoms. The Labute approximate surface area is 224 Å². The summed E-state index contributed by atoms with van der Waals surface area (Å²) in [5.41, 5.74) is 4.95. The van der Waals surface area contributed by atoms with E-state index < -0.39 is 5.97 Å². The number of benzene rings is 4. The zero-order chi connectivity index (χ0) is 25.6. The Bertz CT molecular complexity index is 1480. The van der Waals surface area contributed by atoms with Crippen LogP contribution >= 0.6 is 15.9 Å². The Kier molecular flexibility index (Phi) is 7.47. The minimum Gasteiger partial charge on any atom is -0.490 e. The molecule has 0 atom stereocenters. The van der Waals surface area contributed by atoms with Crippen LogP contribution < -0.4 is 9.47 Å². The molecule has 4 aromatic carbocycles. The average Bonchev–Trinajstić information content (AvgIpc) is 3.29. The summed E-state index contributed by atoms with van der Waals surface area (Å²) >= 11 is 3.55. The molecule has 1 aliphatic heterocycles. The molecule has 0 saturated heterocycles. The molecule has 1 heterocycles. The third kappa shape index (κ3) is 5.81. The predicted octanol–water partition coefficient (Wildman–Crippen LogP) is 7.44. The normalized spacial score (nSPS) is 13.8. The van der Waals surface area contributed by atoms with Crippen LogP contribution in [-0.2, 0) is 16.1 Å². The minimum absolute atomic E-state index is 0.228. The predicted molar refractivity (Wildman–Crippen MR) is 149 cm³/mol. The number of esters is 1. The molecule has 0 aliphatic carbocycles.